The van der Waals surface area contributed by atoms with E-state index in [4.69, 9.17) is 10.5 Å². The van der Waals surface area contributed by atoms with Gasteiger partial charge in [0.2, 0.25) is 5.91 Å². The van der Waals surface area contributed by atoms with Crippen molar-refractivity contribution < 1.29 is 9.53 Å². The van der Waals surface area contributed by atoms with Crippen molar-refractivity contribution in [3.8, 4) is 0 Å². The van der Waals surface area contributed by atoms with Crippen molar-refractivity contribution in [2.75, 3.05) is 32.8 Å². The Morgan fingerprint density at radius 2 is 1.79 bits per heavy atom. The van der Waals surface area contributed by atoms with Crippen LogP contribution in [0.1, 0.15) is 20.8 Å². The molecule has 1 heterocycles. The zero-order chi connectivity index (χ0) is 11.0. The first-order valence-corrected chi connectivity index (χ1v) is 5.10. The van der Waals surface area contributed by atoms with Crippen LogP contribution in [0.3, 0.4) is 0 Å². The van der Waals surface area contributed by atoms with Crippen molar-refractivity contribution in [1.29, 1.82) is 0 Å². The summed E-state index contributed by atoms with van der Waals surface area (Å²) in [6.45, 7) is 9.94. The molecule has 4 nitrogen and oxygen atoms in total. The van der Waals surface area contributed by atoms with Crippen molar-refractivity contribution in [2.24, 2.45) is 11.7 Å². The Bertz CT molecular complexity index is 151. The third-order valence-electron chi connectivity index (χ3n) is 1.48. The molecule has 0 spiro atoms. The maximum Gasteiger partial charge on any atom is 0.231 e. The topological polar surface area (TPSA) is 55.6 Å². The van der Waals surface area contributed by atoms with Crippen molar-refractivity contribution in [2.45, 2.75) is 20.8 Å². The van der Waals surface area contributed by atoms with Gasteiger partial charge in [0, 0.05) is 13.1 Å². The van der Waals surface area contributed by atoms with E-state index in [0.29, 0.717) is 19.8 Å². The molecule has 84 valence electrons. The summed E-state index contributed by atoms with van der Waals surface area (Å²) in [6.07, 6.45) is 0. The second kappa shape index (κ2) is 7.76. The molecule has 0 aromatic heterocycles. The smallest absolute Gasteiger partial charge is 0.231 e. The fourth-order valence-corrected chi connectivity index (χ4v) is 0.980. The van der Waals surface area contributed by atoms with Gasteiger partial charge in [0.05, 0.1) is 19.8 Å². The molecule has 14 heavy (non-hydrogen) atoms. The summed E-state index contributed by atoms with van der Waals surface area (Å²) >= 11 is 0. The van der Waals surface area contributed by atoms with E-state index in [2.05, 4.69) is 20.8 Å². The quantitative estimate of drug-likeness (QED) is 0.708. The molecule has 0 atom stereocenters. The van der Waals surface area contributed by atoms with Gasteiger partial charge in [-0.15, -0.1) is 0 Å². The van der Waals surface area contributed by atoms with Crippen molar-refractivity contribution in [1.82, 2.24) is 4.90 Å². The molecule has 1 aliphatic heterocycles. The van der Waals surface area contributed by atoms with Gasteiger partial charge in [-0.05, 0) is 5.92 Å². The number of nitrogens with two attached hydrogens (primary N) is 1. The molecule has 0 radical (unpaired) electrons. The predicted molar refractivity (Wildman–Crippen MR) is 57.0 cm³/mol. The van der Waals surface area contributed by atoms with Crippen LogP contribution >= 0.6 is 0 Å². The average molecular weight is 202 g/mol. The summed E-state index contributed by atoms with van der Waals surface area (Å²) in [5, 5.41) is 0. The molecule has 0 aliphatic carbocycles. The highest BCUT2D eigenvalue weighted by Gasteiger charge is 2.11. The monoisotopic (exact) mass is 202 g/mol. The van der Waals surface area contributed by atoms with Gasteiger partial charge in [-0.25, -0.2) is 0 Å². The summed E-state index contributed by atoms with van der Waals surface area (Å²) in [5.74, 6) is 0.571. The van der Waals surface area contributed by atoms with Gasteiger partial charge in [0.15, 0.2) is 0 Å². The summed E-state index contributed by atoms with van der Waals surface area (Å²) in [6, 6.07) is 0. The molecule has 0 aromatic rings. The van der Waals surface area contributed by atoms with Crippen LogP contribution in [-0.4, -0.2) is 43.7 Å². The van der Waals surface area contributed by atoms with Crippen molar-refractivity contribution in [3.05, 3.63) is 0 Å². The highest BCUT2D eigenvalue weighted by atomic mass is 16.5. The first-order chi connectivity index (χ1) is 6.52. The largest absolute Gasteiger partial charge is 0.379 e. The maximum atomic E-state index is 10.4. The van der Waals surface area contributed by atoms with Gasteiger partial charge >= 0.3 is 0 Å². The minimum atomic E-state index is -0.262. The zero-order valence-corrected chi connectivity index (χ0v) is 9.45. The third kappa shape index (κ3) is 9.48. The molecule has 1 fully saturated rings. The number of hydrogen-bond donors (Lipinski definition) is 1. The van der Waals surface area contributed by atoms with E-state index in [-0.39, 0.29) is 5.91 Å². The van der Waals surface area contributed by atoms with Crippen LogP contribution in [0.4, 0.5) is 0 Å². The summed E-state index contributed by atoms with van der Waals surface area (Å²) < 4.78 is 5.09. The van der Waals surface area contributed by atoms with E-state index in [9.17, 15) is 4.79 Å². The Kier molecular flexibility index (Phi) is 7.42. The van der Waals surface area contributed by atoms with Crippen LogP contribution in [-0.2, 0) is 9.53 Å². The second-order valence-corrected chi connectivity index (χ2v) is 4.09. The van der Waals surface area contributed by atoms with Gasteiger partial charge in [-0.1, -0.05) is 20.8 Å². The number of amides is 1. The number of morpholine rings is 1. The lowest BCUT2D eigenvalue weighted by Gasteiger charge is -2.24. The lowest BCUT2D eigenvalue weighted by Crippen LogP contribution is -2.41. The molecule has 1 rings (SSSR count). The maximum absolute atomic E-state index is 10.4. The molecule has 1 aliphatic rings. The molecule has 2 N–H and O–H groups in total. The van der Waals surface area contributed by atoms with Gasteiger partial charge < -0.3 is 10.5 Å². The molecule has 1 amide bonds. The Labute approximate surface area is 86.4 Å². The number of carbonyl (C=O) groups is 1. The van der Waals surface area contributed by atoms with Crippen LogP contribution in [0.5, 0.6) is 0 Å². The Morgan fingerprint density at radius 3 is 2.14 bits per heavy atom. The second-order valence-electron chi connectivity index (χ2n) is 4.09. The number of hydrogen-bond acceptors (Lipinski definition) is 3. The predicted octanol–water partition coefficient (Wildman–Crippen LogP) is 0.466. The van der Waals surface area contributed by atoms with Crippen LogP contribution in [0.15, 0.2) is 0 Å². The van der Waals surface area contributed by atoms with Crippen LogP contribution in [0.25, 0.3) is 0 Å². The molecule has 0 saturated carbocycles. The molecule has 0 bridgehead atoms. The molecule has 0 aromatic carbocycles. The number of nitrogens with zero attached hydrogens (tertiary/aromatic N) is 1. The molecular formula is C10H22N2O2. The summed E-state index contributed by atoms with van der Waals surface area (Å²) in [4.78, 5) is 12.4. The lowest BCUT2D eigenvalue weighted by atomic mass is 10.3. The lowest BCUT2D eigenvalue weighted by molar-refractivity contribution is -0.120. The highest BCUT2D eigenvalue weighted by molar-refractivity contribution is 5.75. The zero-order valence-electron chi connectivity index (χ0n) is 9.45. The first-order valence-electron chi connectivity index (χ1n) is 5.10. The molecule has 4 heteroatoms. The Morgan fingerprint density at radius 1 is 1.36 bits per heavy atom. The molecule has 1 saturated heterocycles. The molecular weight excluding hydrogens is 180 g/mol. The number of ether oxygens (including phenoxy) is 1. The van der Waals surface area contributed by atoms with E-state index in [0.717, 1.165) is 19.0 Å². The SMILES string of the molecule is CC(C)C.NC(=O)CN1CCOCC1. The van der Waals surface area contributed by atoms with E-state index in [1.807, 2.05) is 4.90 Å². The van der Waals surface area contributed by atoms with Gasteiger partial charge in [0.1, 0.15) is 0 Å². The van der Waals surface area contributed by atoms with Crippen molar-refractivity contribution >= 4 is 5.91 Å². The normalized spacial score (nSPS) is 17.4. The Balaban J connectivity index is 0.000000364. The summed E-state index contributed by atoms with van der Waals surface area (Å²) in [7, 11) is 0. The standard InChI is InChI=1S/C6H12N2O2.C4H10/c7-6(9)5-8-1-3-10-4-2-8;1-4(2)3/h1-5H2,(H2,7,9);4H,1-3H3. The van der Waals surface area contributed by atoms with Gasteiger partial charge in [0.25, 0.3) is 0 Å². The van der Waals surface area contributed by atoms with E-state index in [1.54, 1.807) is 0 Å². The van der Waals surface area contributed by atoms with Crippen LogP contribution in [0.2, 0.25) is 0 Å². The van der Waals surface area contributed by atoms with Crippen molar-refractivity contribution in [3.63, 3.8) is 0 Å². The van der Waals surface area contributed by atoms with E-state index < -0.39 is 0 Å². The highest BCUT2D eigenvalue weighted by Crippen LogP contribution is 1.94. The number of rotatable bonds is 2. The van der Waals surface area contributed by atoms with Gasteiger partial charge in [-0.3, -0.25) is 9.69 Å². The van der Waals surface area contributed by atoms with Crippen LogP contribution < -0.4 is 5.73 Å². The number of primary amides is 1. The minimum absolute atomic E-state index is 0.262. The number of carbonyl (C=O) groups excluding carboxylic acids is 1. The third-order valence-corrected chi connectivity index (χ3v) is 1.48. The van der Waals surface area contributed by atoms with E-state index in [1.165, 1.54) is 0 Å². The first kappa shape index (κ1) is 13.4. The fourth-order valence-electron chi connectivity index (χ4n) is 0.980. The van der Waals surface area contributed by atoms with Crippen LogP contribution in [0, 0.1) is 5.92 Å². The fraction of sp³-hybridized carbons (Fsp3) is 0.900. The minimum Gasteiger partial charge on any atom is -0.379 e. The Hall–Kier alpha value is -0.610. The van der Waals surface area contributed by atoms with E-state index >= 15 is 0 Å². The summed E-state index contributed by atoms with van der Waals surface area (Å²) in [5.41, 5.74) is 5.00. The van der Waals surface area contributed by atoms with Gasteiger partial charge in [-0.2, -0.15) is 0 Å². The average Bonchev–Trinajstić information content (AvgIpc) is 2.03. The molecule has 0 unspecified atom stereocenters.